The van der Waals surface area contributed by atoms with Gasteiger partial charge >= 0.3 is 0 Å². The van der Waals surface area contributed by atoms with Crippen molar-refractivity contribution in [2.45, 2.75) is 71.6 Å². The molecule has 0 aromatic heterocycles. The van der Waals surface area contributed by atoms with Crippen molar-refractivity contribution >= 4 is 11.7 Å². The van der Waals surface area contributed by atoms with Crippen LogP contribution in [0, 0.1) is 29.6 Å². The molecule has 1 aliphatic carbocycles. The van der Waals surface area contributed by atoms with Crippen molar-refractivity contribution in [3.63, 3.8) is 0 Å². The van der Waals surface area contributed by atoms with Crippen LogP contribution >= 0.6 is 0 Å². The van der Waals surface area contributed by atoms with Crippen LogP contribution in [0.15, 0.2) is 30.3 Å². The number of likely N-dealkylation sites (tertiary alicyclic amines) is 1. The molecule has 0 spiro atoms. The van der Waals surface area contributed by atoms with Gasteiger partial charge in [-0.2, -0.15) is 0 Å². The normalized spacial score (nSPS) is 34.5. The predicted octanol–water partition coefficient (Wildman–Crippen LogP) is 3.24. The smallest absolute Gasteiger partial charge is 0.240 e. The second-order valence-corrected chi connectivity index (χ2v) is 11.0. The second kappa shape index (κ2) is 8.67. The lowest BCUT2D eigenvalue weighted by molar-refractivity contribution is -0.147. The molecule has 5 heteroatoms. The standard InChI is InChI=1S/C26H39N3O2/c1-16(2)11-21-24-22-20(15-29(24)14-19-9-7-6-8-10-19)12-26(21,28-23(22)18(5)30)25(31)27-13-17(3)4/h6-10,16-17,20-24,28H,11-15H2,1-5H3,(H,27,31)/t20-,21-,22+,23?,24-,26+/m1/s1. The fourth-order valence-corrected chi connectivity index (χ4v) is 6.65. The van der Waals surface area contributed by atoms with E-state index in [-0.39, 0.29) is 29.7 Å². The van der Waals surface area contributed by atoms with Crippen LogP contribution in [0.5, 0.6) is 0 Å². The topological polar surface area (TPSA) is 61.4 Å². The molecule has 170 valence electrons. The van der Waals surface area contributed by atoms with Crippen molar-refractivity contribution in [1.29, 1.82) is 0 Å². The molecule has 0 radical (unpaired) electrons. The van der Waals surface area contributed by atoms with Crippen molar-refractivity contribution in [1.82, 2.24) is 15.5 Å². The molecule has 4 fully saturated rings. The lowest BCUT2D eigenvalue weighted by Gasteiger charge is -2.59. The summed E-state index contributed by atoms with van der Waals surface area (Å²) in [5, 5.41) is 6.87. The Hall–Kier alpha value is -1.72. The number of benzene rings is 1. The highest BCUT2D eigenvalue weighted by Crippen LogP contribution is 2.56. The van der Waals surface area contributed by atoms with Crippen LogP contribution < -0.4 is 10.6 Å². The molecule has 1 unspecified atom stereocenters. The maximum atomic E-state index is 13.7. The first-order chi connectivity index (χ1) is 14.7. The Balaban J connectivity index is 1.71. The molecule has 3 heterocycles. The highest BCUT2D eigenvalue weighted by Gasteiger charge is 2.68. The Morgan fingerprint density at radius 1 is 1.16 bits per heavy atom. The number of hydrogen-bond acceptors (Lipinski definition) is 4. The third-order valence-electron chi connectivity index (χ3n) is 7.72. The zero-order chi connectivity index (χ0) is 22.3. The molecule has 31 heavy (non-hydrogen) atoms. The third kappa shape index (κ3) is 4.07. The van der Waals surface area contributed by atoms with E-state index in [2.05, 4.69) is 73.6 Å². The van der Waals surface area contributed by atoms with Gasteiger partial charge in [0.1, 0.15) is 11.3 Å². The Bertz CT molecular complexity index is 808. The zero-order valence-electron chi connectivity index (χ0n) is 19.7. The number of nitrogens with zero attached hydrogens (tertiary/aromatic N) is 1. The van der Waals surface area contributed by atoms with E-state index in [0.717, 1.165) is 25.9 Å². The first-order valence-corrected chi connectivity index (χ1v) is 12.1. The van der Waals surface area contributed by atoms with Crippen LogP contribution in [0.2, 0.25) is 0 Å². The van der Waals surface area contributed by atoms with Gasteiger partial charge in [-0.3, -0.25) is 19.8 Å². The molecule has 1 amide bonds. The van der Waals surface area contributed by atoms with Crippen LogP contribution in [0.25, 0.3) is 0 Å². The summed E-state index contributed by atoms with van der Waals surface area (Å²) in [6.45, 7) is 13.0. The number of ketones is 1. The molecule has 3 saturated heterocycles. The van der Waals surface area contributed by atoms with Crippen LogP contribution in [0.3, 0.4) is 0 Å². The molecule has 6 atom stereocenters. The number of carbonyl (C=O) groups is 2. The predicted molar refractivity (Wildman–Crippen MR) is 123 cm³/mol. The van der Waals surface area contributed by atoms with Crippen LogP contribution in [-0.2, 0) is 16.1 Å². The van der Waals surface area contributed by atoms with Crippen molar-refractivity contribution in [3.8, 4) is 0 Å². The number of piperidine rings is 2. The summed E-state index contributed by atoms with van der Waals surface area (Å²) in [6.07, 6.45) is 1.83. The highest BCUT2D eigenvalue weighted by molar-refractivity contribution is 5.90. The number of rotatable bonds is 8. The van der Waals surface area contributed by atoms with E-state index in [0.29, 0.717) is 30.2 Å². The summed E-state index contributed by atoms with van der Waals surface area (Å²) in [4.78, 5) is 29.0. The number of hydrogen-bond donors (Lipinski definition) is 2. The number of Topliss-reactive ketones (excluding diaryl/α,β-unsaturated/α-hetero) is 1. The minimum absolute atomic E-state index is 0.104. The van der Waals surface area contributed by atoms with Gasteiger partial charge in [0.05, 0.1) is 6.04 Å². The van der Waals surface area contributed by atoms with E-state index in [1.54, 1.807) is 6.92 Å². The van der Waals surface area contributed by atoms with Gasteiger partial charge in [-0.25, -0.2) is 0 Å². The summed E-state index contributed by atoms with van der Waals surface area (Å²) in [5.41, 5.74) is 0.658. The average Bonchev–Trinajstić information content (AvgIpc) is 3.02. The summed E-state index contributed by atoms with van der Waals surface area (Å²) in [6, 6.07) is 10.7. The van der Waals surface area contributed by atoms with Crippen molar-refractivity contribution < 1.29 is 9.59 Å². The number of amides is 1. The van der Waals surface area contributed by atoms with Gasteiger partial charge in [0, 0.05) is 37.5 Å². The Morgan fingerprint density at radius 3 is 2.48 bits per heavy atom. The molecule has 3 aliphatic heterocycles. The quantitative estimate of drug-likeness (QED) is 0.671. The molecule has 1 aromatic rings. The first kappa shape index (κ1) is 22.5. The maximum absolute atomic E-state index is 13.7. The lowest BCUT2D eigenvalue weighted by Crippen LogP contribution is -2.78. The minimum atomic E-state index is -0.648. The fraction of sp³-hybridized carbons (Fsp3) is 0.692. The van der Waals surface area contributed by atoms with Crippen LogP contribution in [0.4, 0.5) is 0 Å². The molecule has 5 nitrogen and oxygen atoms in total. The van der Waals surface area contributed by atoms with Gasteiger partial charge in [0.15, 0.2) is 0 Å². The lowest BCUT2D eigenvalue weighted by atomic mass is 9.55. The first-order valence-electron chi connectivity index (χ1n) is 12.1. The van der Waals surface area contributed by atoms with E-state index >= 15 is 0 Å². The van der Waals surface area contributed by atoms with Crippen molar-refractivity contribution in [2.75, 3.05) is 13.1 Å². The zero-order valence-corrected chi connectivity index (χ0v) is 19.7. The summed E-state index contributed by atoms with van der Waals surface area (Å²) in [7, 11) is 0. The monoisotopic (exact) mass is 425 g/mol. The number of carbonyl (C=O) groups excluding carboxylic acids is 2. The molecule has 5 rings (SSSR count). The van der Waals surface area contributed by atoms with Gasteiger partial charge in [0.25, 0.3) is 0 Å². The van der Waals surface area contributed by atoms with E-state index in [9.17, 15) is 9.59 Å². The average molecular weight is 426 g/mol. The fourth-order valence-electron chi connectivity index (χ4n) is 6.65. The van der Waals surface area contributed by atoms with E-state index in [1.165, 1.54) is 5.56 Å². The van der Waals surface area contributed by atoms with Crippen molar-refractivity contribution in [3.05, 3.63) is 35.9 Å². The maximum Gasteiger partial charge on any atom is 0.240 e. The van der Waals surface area contributed by atoms with Crippen LogP contribution in [0.1, 0.15) is 53.0 Å². The Kier molecular flexibility index (Phi) is 6.28. The van der Waals surface area contributed by atoms with E-state index in [1.807, 2.05) is 0 Å². The number of fused-ring (bicyclic) bond motifs is 1. The minimum Gasteiger partial charge on any atom is -0.354 e. The van der Waals surface area contributed by atoms with Gasteiger partial charge in [-0.1, -0.05) is 58.0 Å². The molecule has 4 bridgehead atoms. The van der Waals surface area contributed by atoms with Gasteiger partial charge in [-0.05, 0) is 43.1 Å². The molecule has 2 N–H and O–H groups in total. The number of nitrogens with one attached hydrogen (secondary N) is 2. The SMILES string of the molecule is CC(=O)C1N[C@@]2(C(=O)NCC(C)C)C[C@@H]3CN(Cc4ccccc4)[C@@H]([C@H]13)[C@H]2CC(C)C. The largest absolute Gasteiger partial charge is 0.354 e. The molecule has 1 aromatic carbocycles. The summed E-state index contributed by atoms with van der Waals surface area (Å²) in [5.74, 6) is 2.07. The molecule has 1 saturated carbocycles. The second-order valence-electron chi connectivity index (χ2n) is 11.0. The van der Waals surface area contributed by atoms with Crippen LogP contribution in [-0.4, -0.2) is 47.3 Å². The van der Waals surface area contributed by atoms with Gasteiger partial charge < -0.3 is 5.32 Å². The molecular weight excluding hydrogens is 386 g/mol. The highest BCUT2D eigenvalue weighted by atomic mass is 16.2. The molecular formula is C26H39N3O2. The van der Waals surface area contributed by atoms with Gasteiger partial charge in [0.2, 0.25) is 5.91 Å². The summed E-state index contributed by atoms with van der Waals surface area (Å²) >= 11 is 0. The Labute approximate surface area is 187 Å². The molecule has 4 aliphatic rings. The Morgan fingerprint density at radius 2 is 1.87 bits per heavy atom. The van der Waals surface area contributed by atoms with E-state index < -0.39 is 5.54 Å². The van der Waals surface area contributed by atoms with E-state index in [4.69, 9.17) is 0 Å². The van der Waals surface area contributed by atoms with Crippen molar-refractivity contribution in [2.24, 2.45) is 29.6 Å². The summed E-state index contributed by atoms with van der Waals surface area (Å²) < 4.78 is 0. The third-order valence-corrected chi connectivity index (χ3v) is 7.72. The van der Waals surface area contributed by atoms with Gasteiger partial charge in [-0.15, -0.1) is 0 Å².